The van der Waals surface area contributed by atoms with Crippen molar-refractivity contribution in [1.82, 2.24) is 0 Å². The highest BCUT2D eigenvalue weighted by Crippen LogP contribution is 2.31. The van der Waals surface area contributed by atoms with Gasteiger partial charge in [0.05, 0.1) is 18.2 Å². The molecular weight excluding hydrogens is 323 g/mol. The second-order valence-corrected chi connectivity index (χ2v) is 5.37. The molecule has 4 heteroatoms. The number of ketones is 1. The molecule has 0 N–H and O–H groups in total. The van der Waals surface area contributed by atoms with E-state index in [0.717, 1.165) is 11.1 Å². The van der Waals surface area contributed by atoms with Crippen molar-refractivity contribution in [3.05, 3.63) is 62.9 Å². The highest BCUT2D eigenvalue weighted by molar-refractivity contribution is 9.10. The van der Waals surface area contributed by atoms with Crippen LogP contribution in [0.15, 0.2) is 34.8 Å². The van der Waals surface area contributed by atoms with Crippen molar-refractivity contribution < 1.29 is 13.9 Å². The van der Waals surface area contributed by atoms with E-state index < -0.39 is 11.6 Å². The van der Waals surface area contributed by atoms with Crippen LogP contribution in [0.25, 0.3) is 0 Å². The Bertz CT molecular complexity index is 660. The van der Waals surface area contributed by atoms with Crippen molar-refractivity contribution in [1.29, 1.82) is 0 Å². The minimum atomic E-state index is -0.551. The number of carbonyl (C=O) groups is 1. The molecule has 0 heterocycles. The van der Waals surface area contributed by atoms with E-state index in [1.807, 2.05) is 19.9 Å². The van der Waals surface area contributed by atoms with Crippen LogP contribution in [-0.2, 0) is 0 Å². The lowest BCUT2D eigenvalue weighted by Gasteiger charge is -2.13. The molecule has 0 radical (unpaired) electrons. The van der Waals surface area contributed by atoms with Crippen LogP contribution < -0.4 is 4.74 Å². The molecule has 2 aromatic carbocycles. The van der Waals surface area contributed by atoms with Crippen molar-refractivity contribution in [3.63, 3.8) is 0 Å². The lowest BCUT2D eigenvalue weighted by molar-refractivity contribution is 0.103. The third-order valence-electron chi connectivity index (χ3n) is 3.32. The summed E-state index contributed by atoms with van der Waals surface area (Å²) in [7, 11) is 1.51. The zero-order chi connectivity index (χ0) is 14.9. The fourth-order valence-corrected chi connectivity index (χ4v) is 2.60. The van der Waals surface area contributed by atoms with Crippen LogP contribution in [0.5, 0.6) is 5.75 Å². The summed E-state index contributed by atoms with van der Waals surface area (Å²) in [5, 5.41) is 0. The van der Waals surface area contributed by atoms with E-state index in [2.05, 4.69) is 15.9 Å². The van der Waals surface area contributed by atoms with Gasteiger partial charge in [-0.15, -0.1) is 0 Å². The molecule has 2 aromatic rings. The summed E-state index contributed by atoms with van der Waals surface area (Å²) in [6, 6.07) is 7.96. The summed E-state index contributed by atoms with van der Waals surface area (Å²) in [4.78, 5) is 12.6. The van der Waals surface area contributed by atoms with Gasteiger partial charge < -0.3 is 4.74 Å². The Hall–Kier alpha value is -1.68. The second kappa shape index (κ2) is 5.75. The molecule has 0 aliphatic heterocycles. The molecule has 0 spiro atoms. The lowest BCUT2D eigenvalue weighted by Crippen LogP contribution is -2.08. The van der Waals surface area contributed by atoms with Crippen LogP contribution in [0, 0.1) is 19.7 Å². The van der Waals surface area contributed by atoms with Crippen molar-refractivity contribution >= 4 is 21.7 Å². The van der Waals surface area contributed by atoms with E-state index in [4.69, 9.17) is 4.74 Å². The summed E-state index contributed by atoms with van der Waals surface area (Å²) in [5.41, 5.74) is 2.28. The van der Waals surface area contributed by atoms with Crippen molar-refractivity contribution in [2.75, 3.05) is 7.11 Å². The molecule has 0 aliphatic rings. The van der Waals surface area contributed by atoms with Crippen LogP contribution in [0.3, 0.4) is 0 Å². The van der Waals surface area contributed by atoms with Crippen molar-refractivity contribution in [2.45, 2.75) is 13.8 Å². The first kappa shape index (κ1) is 14.7. The SMILES string of the molecule is COc1c(C(=O)c2c(F)cccc2Br)ccc(C)c1C. The summed E-state index contributed by atoms with van der Waals surface area (Å²) in [5.74, 6) is -0.454. The van der Waals surface area contributed by atoms with Crippen LogP contribution in [0.1, 0.15) is 27.0 Å². The number of aryl methyl sites for hydroxylation is 1. The highest BCUT2D eigenvalue weighted by Gasteiger charge is 2.22. The largest absolute Gasteiger partial charge is 0.496 e. The maximum atomic E-state index is 13.9. The molecule has 20 heavy (non-hydrogen) atoms. The molecular formula is C16H14BrFO2. The minimum absolute atomic E-state index is 0.0223. The fourth-order valence-electron chi connectivity index (χ4n) is 2.08. The third kappa shape index (κ3) is 2.48. The summed E-state index contributed by atoms with van der Waals surface area (Å²) >= 11 is 3.22. The number of ether oxygens (including phenoxy) is 1. The van der Waals surface area contributed by atoms with Gasteiger partial charge in [0.15, 0.2) is 0 Å². The number of hydrogen-bond donors (Lipinski definition) is 0. The molecule has 0 aromatic heterocycles. The van der Waals surface area contributed by atoms with Crippen LogP contribution >= 0.6 is 15.9 Å². The van der Waals surface area contributed by atoms with Gasteiger partial charge in [-0.1, -0.05) is 12.1 Å². The minimum Gasteiger partial charge on any atom is -0.496 e. The Morgan fingerprint density at radius 3 is 2.50 bits per heavy atom. The van der Waals surface area contributed by atoms with E-state index in [9.17, 15) is 9.18 Å². The van der Waals surface area contributed by atoms with Gasteiger partial charge in [-0.2, -0.15) is 0 Å². The van der Waals surface area contributed by atoms with Crippen LogP contribution in [-0.4, -0.2) is 12.9 Å². The maximum Gasteiger partial charge on any atom is 0.200 e. The van der Waals surface area contributed by atoms with Gasteiger partial charge in [-0.05, 0) is 59.1 Å². The number of methoxy groups -OCH3 is 1. The molecule has 0 unspecified atom stereocenters. The Labute approximate surface area is 125 Å². The Kier molecular flexibility index (Phi) is 4.23. The van der Waals surface area contributed by atoms with E-state index >= 15 is 0 Å². The molecule has 0 fully saturated rings. The topological polar surface area (TPSA) is 26.3 Å². The first-order valence-corrected chi connectivity index (χ1v) is 6.89. The van der Waals surface area contributed by atoms with Crippen LogP contribution in [0.2, 0.25) is 0 Å². The van der Waals surface area contributed by atoms with E-state index in [1.54, 1.807) is 18.2 Å². The standard InChI is InChI=1S/C16H14BrFO2/c1-9-7-8-11(16(20-3)10(9)2)15(19)14-12(17)5-4-6-13(14)18/h4-8H,1-3H3. The number of halogens is 2. The highest BCUT2D eigenvalue weighted by atomic mass is 79.9. The number of hydrogen-bond acceptors (Lipinski definition) is 2. The summed E-state index contributed by atoms with van der Waals surface area (Å²) < 4.78 is 19.7. The van der Waals surface area contributed by atoms with Crippen molar-refractivity contribution in [2.24, 2.45) is 0 Å². The quantitative estimate of drug-likeness (QED) is 0.774. The molecule has 0 amide bonds. The Balaban J connectivity index is 2.63. The molecule has 0 aliphatic carbocycles. The van der Waals surface area contributed by atoms with Crippen molar-refractivity contribution in [3.8, 4) is 5.75 Å². The van der Waals surface area contributed by atoms with Gasteiger partial charge in [0.2, 0.25) is 5.78 Å². The van der Waals surface area contributed by atoms with E-state index in [0.29, 0.717) is 15.8 Å². The van der Waals surface area contributed by atoms with Gasteiger partial charge in [-0.25, -0.2) is 4.39 Å². The monoisotopic (exact) mass is 336 g/mol. The molecule has 0 saturated carbocycles. The van der Waals surface area contributed by atoms with Gasteiger partial charge in [0, 0.05) is 4.47 Å². The lowest BCUT2D eigenvalue weighted by atomic mass is 9.97. The molecule has 0 bridgehead atoms. The smallest absolute Gasteiger partial charge is 0.200 e. The maximum absolute atomic E-state index is 13.9. The van der Waals surface area contributed by atoms with Gasteiger partial charge in [-0.3, -0.25) is 4.79 Å². The predicted octanol–water partition coefficient (Wildman–Crippen LogP) is 4.44. The molecule has 0 atom stereocenters. The molecule has 104 valence electrons. The number of benzene rings is 2. The average Bonchev–Trinajstić information content (AvgIpc) is 2.41. The zero-order valence-electron chi connectivity index (χ0n) is 11.5. The van der Waals surface area contributed by atoms with E-state index in [-0.39, 0.29) is 5.56 Å². The Morgan fingerprint density at radius 2 is 1.90 bits per heavy atom. The van der Waals surface area contributed by atoms with Gasteiger partial charge in [0.25, 0.3) is 0 Å². The molecule has 0 saturated heterocycles. The second-order valence-electron chi connectivity index (χ2n) is 4.51. The first-order valence-electron chi connectivity index (χ1n) is 6.10. The normalized spacial score (nSPS) is 10.4. The predicted molar refractivity (Wildman–Crippen MR) is 80.0 cm³/mol. The van der Waals surface area contributed by atoms with Crippen LogP contribution in [0.4, 0.5) is 4.39 Å². The van der Waals surface area contributed by atoms with E-state index in [1.165, 1.54) is 13.2 Å². The summed E-state index contributed by atoms with van der Waals surface area (Å²) in [6.45, 7) is 3.81. The zero-order valence-corrected chi connectivity index (χ0v) is 13.0. The first-order chi connectivity index (χ1) is 9.47. The molecule has 2 rings (SSSR count). The van der Waals surface area contributed by atoms with Gasteiger partial charge in [0.1, 0.15) is 11.6 Å². The van der Waals surface area contributed by atoms with Gasteiger partial charge >= 0.3 is 0 Å². The Morgan fingerprint density at radius 1 is 1.20 bits per heavy atom. The average molecular weight is 337 g/mol. The summed E-state index contributed by atoms with van der Waals surface area (Å²) in [6.07, 6.45) is 0. The number of carbonyl (C=O) groups excluding carboxylic acids is 1. The fraction of sp³-hybridized carbons (Fsp3) is 0.188. The molecule has 2 nitrogen and oxygen atoms in total. The number of rotatable bonds is 3. The third-order valence-corrected chi connectivity index (χ3v) is 3.98.